The van der Waals surface area contributed by atoms with Crippen LogP contribution in [-0.4, -0.2) is 25.2 Å². The highest BCUT2D eigenvalue weighted by atomic mass is 16.2. The predicted octanol–water partition coefficient (Wildman–Crippen LogP) is 0.496. The van der Waals surface area contributed by atoms with Gasteiger partial charge < -0.3 is 27.4 Å². The average Bonchev–Trinajstić information content (AvgIpc) is 2.34. The smallest absolute Gasteiger partial charge is 0.319 e. The monoisotopic (exact) mass is 265 g/mol. The highest BCUT2D eigenvalue weighted by Gasteiger charge is 2.04. The minimum atomic E-state index is -0.619. The Morgan fingerprint density at radius 2 is 1.95 bits per heavy atom. The molecule has 0 aliphatic heterocycles. The number of primary amides is 1. The van der Waals surface area contributed by atoms with Gasteiger partial charge in [-0.25, -0.2) is 9.59 Å². The van der Waals surface area contributed by atoms with E-state index >= 15 is 0 Å². The van der Waals surface area contributed by atoms with Gasteiger partial charge in [0.15, 0.2) is 0 Å². The molecule has 19 heavy (non-hydrogen) atoms. The van der Waals surface area contributed by atoms with E-state index in [-0.39, 0.29) is 18.6 Å². The number of urea groups is 2. The number of carbonyl (C=O) groups is 2. The van der Waals surface area contributed by atoms with E-state index in [4.69, 9.17) is 11.5 Å². The summed E-state index contributed by atoms with van der Waals surface area (Å²) in [6.45, 7) is 2.44. The summed E-state index contributed by atoms with van der Waals surface area (Å²) in [6.07, 6.45) is 0. The molecule has 7 nitrogen and oxygen atoms in total. The van der Waals surface area contributed by atoms with E-state index in [1.54, 1.807) is 6.07 Å². The zero-order valence-corrected chi connectivity index (χ0v) is 10.8. The quantitative estimate of drug-likeness (QED) is 0.498. The van der Waals surface area contributed by atoms with E-state index < -0.39 is 6.03 Å². The van der Waals surface area contributed by atoms with E-state index in [0.29, 0.717) is 12.2 Å². The number of hydrogen-bond donors (Lipinski definition) is 5. The van der Waals surface area contributed by atoms with Crippen LogP contribution in [0.1, 0.15) is 18.5 Å². The topological polar surface area (TPSA) is 122 Å². The zero-order chi connectivity index (χ0) is 14.3. The van der Waals surface area contributed by atoms with Crippen molar-refractivity contribution >= 4 is 17.7 Å². The Hall–Kier alpha value is -2.28. The van der Waals surface area contributed by atoms with E-state index in [1.807, 2.05) is 25.1 Å². The molecule has 1 unspecified atom stereocenters. The molecule has 1 rings (SSSR count). The molecular formula is C12H19N5O2. The van der Waals surface area contributed by atoms with Crippen LogP contribution in [0.2, 0.25) is 0 Å². The standard InChI is InChI=1S/C12H19N5O2/c1-8(13)9-3-2-4-10(7-9)17-12(19)16-6-5-15-11(14)18/h2-4,7-8H,5-6,13H2,1H3,(H3,14,15,18)(H2,16,17,19). The maximum absolute atomic E-state index is 11.5. The number of rotatable bonds is 5. The Morgan fingerprint density at radius 3 is 2.58 bits per heavy atom. The maximum atomic E-state index is 11.5. The number of nitrogens with two attached hydrogens (primary N) is 2. The highest BCUT2D eigenvalue weighted by molar-refractivity contribution is 5.89. The lowest BCUT2D eigenvalue weighted by atomic mass is 10.1. The average molecular weight is 265 g/mol. The first kappa shape index (κ1) is 14.8. The summed E-state index contributed by atoms with van der Waals surface area (Å²) in [5, 5.41) is 7.63. The first-order valence-electron chi connectivity index (χ1n) is 5.92. The molecule has 4 amide bonds. The van der Waals surface area contributed by atoms with Crippen LogP contribution in [0.5, 0.6) is 0 Å². The number of nitrogens with one attached hydrogen (secondary N) is 3. The number of benzene rings is 1. The molecule has 0 spiro atoms. The second-order valence-corrected chi connectivity index (χ2v) is 4.09. The number of amides is 4. The molecule has 1 aromatic rings. The molecule has 0 radical (unpaired) electrons. The summed E-state index contributed by atoms with van der Waals surface area (Å²) in [7, 11) is 0. The minimum Gasteiger partial charge on any atom is -0.352 e. The van der Waals surface area contributed by atoms with Gasteiger partial charge in [-0.05, 0) is 24.6 Å². The zero-order valence-electron chi connectivity index (χ0n) is 10.8. The molecule has 0 saturated carbocycles. The van der Waals surface area contributed by atoms with Crippen LogP contribution in [0, 0.1) is 0 Å². The maximum Gasteiger partial charge on any atom is 0.319 e. The van der Waals surface area contributed by atoms with Crippen molar-refractivity contribution in [2.24, 2.45) is 11.5 Å². The highest BCUT2D eigenvalue weighted by Crippen LogP contribution is 2.15. The molecule has 7 N–H and O–H groups in total. The first-order valence-corrected chi connectivity index (χ1v) is 5.92. The molecule has 0 aliphatic carbocycles. The third-order valence-electron chi connectivity index (χ3n) is 2.38. The van der Waals surface area contributed by atoms with Crippen LogP contribution in [-0.2, 0) is 0 Å². The second-order valence-electron chi connectivity index (χ2n) is 4.09. The van der Waals surface area contributed by atoms with Crippen LogP contribution >= 0.6 is 0 Å². The van der Waals surface area contributed by atoms with Gasteiger partial charge in [-0.2, -0.15) is 0 Å². The molecule has 0 heterocycles. The third-order valence-corrected chi connectivity index (χ3v) is 2.38. The summed E-state index contributed by atoms with van der Waals surface area (Å²) in [4.78, 5) is 21.9. The van der Waals surface area contributed by atoms with Crippen molar-refractivity contribution in [1.82, 2.24) is 10.6 Å². The summed E-state index contributed by atoms with van der Waals surface area (Å²) < 4.78 is 0. The molecule has 104 valence electrons. The lowest BCUT2D eigenvalue weighted by molar-refractivity contribution is 0.246. The first-order chi connectivity index (χ1) is 8.99. The minimum absolute atomic E-state index is 0.0930. The van der Waals surface area contributed by atoms with Crippen LogP contribution in [0.15, 0.2) is 24.3 Å². The normalized spacial score (nSPS) is 11.5. The van der Waals surface area contributed by atoms with Crippen molar-refractivity contribution in [1.29, 1.82) is 0 Å². The molecule has 0 fully saturated rings. The van der Waals surface area contributed by atoms with Crippen LogP contribution in [0.25, 0.3) is 0 Å². The van der Waals surface area contributed by atoms with Gasteiger partial charge in [0.1, 0.15) is 0 Å². The van der Waals surface area contributed by atoms with E-state index in [1.165, 1.54) is 0 Å². The Kier molecular flexibility index (Phi) is 5.62. The van der Waals surface area contributed by atoms with Crippen molar-refractivity contribution < 1.29 is 9.59 Å². The van der Waals surface area contributed by atoms with Crippen LogP contribution < -0.4 is 27.4 Å². The second kappa shape index (κ2) is 7.22. The van der Waals surface area contributed by atoms with Crippen LogP contribution in [0.4, 0.5) is 15.3 Å². The van der Waals surface area contributed by atoms with Gasteiger partial charge in [-0.15, -0.1) is 0 Å². The SMILES string of the molecule is CC(N)c1cccc(NC(=O)NCCNC(N)=O)c1. The fourth-order valence-electron chi connectivity index (χ4n) is 1.44. The lowest BCUT2D eigenvalue weighted by Crippen LogP contribution is -2.38. The number of anilines is 1. The molecule has 1 atom stereocenters. The van der Waals surface area contributed by atoms with Crippen molar-refractivity contribution in [3.63, 3.8) is 0 Å². The molecule has 0 saturated heterocycles. The Bertz CT molecular complexity index is 448. The molecule has 1 aromatic carbocycles. The molecular weight excluding hydrogens is 246 g/mol. The fourth-order valence-corrected chi connectivity index (χ4v) is 1.44. The summed E-state index contributed by atoms with van der Waals surface area (Å²) in [5.74, 6) is 0. The van der Waals surface area contributed by atoms with Crippen molar-refractivity contribution in [3.8, 4) is 0 Å². The molecule has 0 aromatic heterocycles. The van der Waals surface area contributed by atoms with Crippen LogP contribution in [0.3, 0.4) is 0 Å². The van der Waals surface area contributed by atoms with Gasteiger partial charge in [0.2, 0.25) is 0 Å². The van der Waals surface area contributed by atoms with E-state index in [2.05, 4.69) is 16.0 Å². The predicted molar refractivity (Wildman–Crippen MR) is 73.7 cm³/mol. The van der Waals surface area contributed by atoms with Crippen molar-refractivity contribution in [2.75, 3.05) is 18.4 Å². The fraction of sp³-hybridized carbons (Fsp3) is 0.333. The Balaban J connectivity index is 2.39. The molecule has 0 aliphatic rings. The summed E-state index contributed by atoms with van der Waals surface area (Å²) >= 11 is 0. The van der Waals surface area contributed by atoms with Crippen molar-refractivity contribution in [2.45, 2.75) is 13.0 Å². The van der Waals surface area contributed by atoms with Gasteiger partial charge in [-0.3, -0.25) is 0 Å². The van der Waals surface area contributed by atoms with Gasteiger partial charge in [0.05, 0.1) is 0 Å². The largest absolute Gasteiger partial charge is 0.352 e. The summed E-state index contributed by atoms with van der Waals surface area (Å²) in [5.41, 5.74) is 12.2. The summed E-state index contributed by atoms with van der Waals surface area (Å²) in [6, 6.07) is 6.23. The third kappa shape index (κ3) is 5.73. The Labute approximate surface area is 111 Å². The van der Waals surface area contributed by atoms with Crippen molar-refractivity contribution in [3.05, 3.63) is 29.8 Å². The Morgan fingerprint density at radius 1 is 1.26 bits per heavy atom. The van der Waals surface area contributed by atoms with Gasteiger partial charge in [0, 0.05) is 24.8 Å². The van der Waals surface area contributed by atoms with E-state index in [9.17, 15) is 9.59 Å². The van der Waals surface area contributed by atoms with Gasteiger partial charge >= 0.3 is 12.1 Å². The van der Waals surface area contributed by atoms with Gasteiger partial charge in [-0.1, -0.05) is 12.1 Å². The molecule has 7 heteroatoms. The van der Waals surface area contributed by atoms with E-state index in [0.717, 1.165) is 5.56 Å². The lowest BCUT2D eigenvalue weighted by Gasteiger charge is -2.10. The molecule has 0 bridgehead atoms. The number of hydrogen-bond acceptors (Lipinski definition) is 3. The van der Waals surface area contributed by atoms with Gasteiger partial charge in [0.25, 0.3) is 0 Å². The number of carbonyl (C=O) groups excluding carboxylic acids is 2.